The Morgan fingerprint density at radius 2 is 1.63 bits per heavy atom. The zero-order valence-corrected chi connectivity index (χ0v) is 16.4. The molecule has 0 aromatic heterocycles. The van der Waals surface area contributed by atoms with Crippen molar-refractivity contribution in [1.29, 1.82) is 0 Å². The zero-order chi connectivity index (χ0) is 19.4. The lowest BCUT2D eigenvalue weighted by Gasteiger charge is -2.30. The first-order valence-electron chi connectivity index (χ1n) is 9.74. The Bertz CT molecular complexity index is 803. The molecule has 4 heteroatoms. The summed E-state index contributed by atoms with van der Waals surface area (Å²) in [4.78, 5) is 27.2. The molecule has 2 amide bonds. The van der Waals surface area contributed by atoms with Crippen LogP contribution in [0.25, 0.3) is 0 Å². The van der Waals surface area contributed by atoms with Gasteiger partial charge in [0.1, 0.15) is 0 Å². The molecular formula is C23H28N2O2. The summed E-state index contributed by atoms with van der Waals surface area (Å²) in [5, 5.41) is 2.91. The van der Waals surface area contributed by atoms with E-state index in [0.29, 0.717) is 23.0 Å². The van der Waals surface area contributed by atoms with E-state index in [4.69, 9.17) is 0 Å². The molecule has 0 saturated carbocycles. The molecule has 1 N–H and O–H groups in total. The molecular weight excluding hydrogens is 336 g/mol. The number of hydrogen-bond donors (Lipinski definition) is 1. The molecule has 1 saturated heterocycles. The fourth-order valence-corrected chi connectivity index (χ4v) is 3.34. The fraction of sp³-hybridized carbons (Fsp3) is 0.391. The third-order valence-corrected chi connectivity index (χ3v) is 5.28. The first-order chi connectivity index (χ1) is 12.9. The second-order valence-electron chi connectivity index (χ2n) is 7.79. The summed E-state index contributed by atoms with van der Waals surface area (Å²) in [6.07, 6.45) is 2.08. The number of benzene rings is 2. The van der Waals surface area contributed by atoms with Crippen LogP contribution < -0.4 is 5.32 Å². The average molecular weight is 364 g/mol. The van der Waals surface area contributed by atoms with Crippen LogP contribution in [0.3, 0.4) is 0 Å². The van der Waals surface area contributed by atoms with Crippen molar-refractivity contribution in [3.05, 3.63) is 65.2 Å². The summed E-state index contributed by atoms with van der Waals surface area (Å²) in [5.41, 5.74) is 3.06. The smallest absolute Gasteiger partial charge is 0.255 e. The molecule has 0 bridgehead atoms. The molecule has 142 valence electrons. The number of amides is 2. The topological polar surface area (TPSA) is 49.4 Å². The quantitative estimate of drug-likeness (QED) is 0.836. The number of likely N-dealkylation sites (tertiary alicyclic amines) is 1. The average Bonchev–Trinajstić information content (AvgIpc) is 2.68. The van der Waals surface area contributed by atoms with Gasteiger partial charge in [-0.15, -0.1) is 0 Å². The molecule has 0 spiro atoms. The van der Waals surface area contributed by atoms with Gasteiger partial charge in [0, 0.05) is 29.9 Å². The Labute approximate surface area is 161 Å². The van der Waals surface area contributed by atoms with Crippen LogP contribution in [0.2, 0.25) is 0 Å². The Hall–Kier alpha value is -2.62. The highest BCUT2D eigenvalue weighted by atomic mass is 16.2. The molecule has 2 aromatic carbocycles. The van der Waals surface area contributed by atoms with Gasteiger partial charge in [-0.2, -0.15) is 0 Å². The number of rotatable bonds is 4. The van der Waals surface area contributed by atoms with Crippen molar-refractivity contribution in [2.75, 3.05) is 18.4 Å². The zero-order valence-electron chi connectivity index (χ0n) is 16.4. The third kappa shape index (κ3) is 4.76. The van der Waals surface area contributed by atoms with E-state index in [1.54, 1.807) is 24.3 Å². The van der Waals surface area contributed by atoms with Gasteiger partial charge in [0.25, 0.3) is 11.8 Å². The lowest BCUT2D eigenvalue weighted by atomic mass is 9.98. The highest BCUT2D eigenvalue weighted by Crippen LogP contribution is 2.20. The van der Waals surface area contributed by atoms with Crippen molar-refractivity contribution < 1.29 is 9.59 Å². The maximum atomic E-state index is 12.7. The molecule has 3 rings (SSSR count). The number of anilines is 1. The van der Waals surface area contributed by atoms with E-state index < -0.39 is 0 Å². The minimum atomic E-state index is -0.200. The van der Waals surface area contributed by atoms with Gasteiger partial charge in [0.05, 0.1) is 0 Å². The number of nitrogens with zero attached hydrogens (tertiary/aromatic N) is 1. The Morgan fingerprint density at radius 3 is 2.26 bits per heavy atom. The van der Waals surface area contributed by atoms with Gasteiger partial charge in [-0.25, -0.2) is 0 Å². The van der Waals surface area contributed by atoms with Crippen molar-refractivity contribution in [2.45, 2.75) is 39.5 Å². The van der Waals surface area contributed by atoms with Gasteiger partial charge in [0.15, 0.2) is 0 Å². The molecule has 1 aliphatic heterocycles. The largest absolute Gasteiger partial charge is 0.339 e. The van der Waals surface area contributed by atoms with E-state index in [9.17, 15) is 9.59 Å². The highest BCUT2D eigenvalue weighted by molar-refractivity contribution is 6.06. The molecule has 4 nitrogen and oxygen atoms in total. The molecule has 1 heterocycles. The molecule has 1 fully saturated rings. The van der Waals surface area contributed by atoms with Crippen LogP contribution >= 0.6 is 0 Å². The number of hydrogen-bond acceptors (Lipinski definition) is 2. The minimum Gasteiger partial charge on any atom is -0.339 e. The van der Waals surface area contributed by atoms with E-state index in [0.717, 1.165) is 31.6 Å². The fourth-order valence-electron chi connectivity index (χ4n) is 3.34. The van der Waals surface area contributed by atoms with Crippen LogP contribution in [0, 0.1) is 5.92 Å². The summed E-state index contributed by atoms with van der Waals surface area (Å²) in [6.45, 7) is 8.08. The normalized spacial score (nSPS) is 15.0. The van der Waals surface area contributed by atoms with Gasteiger partial charge in [-0.1, -0.05) is 39.0 Å². The number of piperidine rings is 1. The SMILES string of the molecule is CC1CCN(C(=O)c2cccc(C(=O)Nc3ccc(C(C)C)cc3)c2)CC1. The van der Waals surface area contributed by atoms with E-state index >= 15 is 0 Å². The highest BCUT2D eigenvalue weighted by Gasteiger charge is 2.22. The minimum absolute atomic E-state index is 0.0119. The van der Waals surface area contributed by atoms with E-state index in [1.165, 1.54) is 5.56 Å². The molecule has 0 unspecified atom stereocenters. The lowest BCUT2D eigenvalue weighted by molar-refractivity contribution is 0.0697. The van der Waals surface area contributed by atoms with Crippen LogP contribution in [0.15, 0.2) is 48.5 Å². The molecule has 27 heavy (non-hydrogen) atoms. The van der Waals surface area contributed by atoms with Crippen LogP contribution in [-0.4, -0.2) is 29.8 Å². The predicted octanol–water partition coefficient (Wildman–Crippen LogP) is 4.93. The maximum absolute atomic E-state index is 12.7. The van der Waals surface area contributed by atoms with Crippen molar-refractivity contribution in [1.82, 2.24) is 4.90 Å². The summed E-state index contributed by atoms with van der Waals surface area (Å²) >= 11 is 0. The Kier molecular flexibility index (Phi) is 5.94. The van der Waals surface area contributed by atoms with E-state index in [1.807, 2.05) is 29.2 Å². The van der Waals surface area contributed by atoms with Crippen molar-refractivity contribution in [3.63, 3.8) is 0 Å². The van der Waals surface area contributed by atoms with Gasteiger partial charge in [0.2, 0.25) is 0 Å². The molecule has 1 aliphatic rings. The molecule has 0 atom stereocenters. The van der Waals surface area contributed by atoms with Crippen LogP contribution in [-0.2, 0) is 0 Å². The number of carbonyl (C=O) groups is 2. The number of carbonyl (C=O) groups excluding carboxylic acids is 2. The standard InChI is InChI=1S/C23H28N2O2/c1-16(2)18-7-9-21(10-8-18)24-22(26)19-5-4-6-20(15-19)23(27)25-13-11-17(3)12-14-25/h4-10,15-17H,11-14H2,1-3H3,(H,24,26). The van der Waals surface area contributed by atoms with Crippen molar-refractivity contribution in [2.24, 2.45) is 5.92 Å². The van der Waals surface area contributed by atoms with Crippen molar-refractivity contribution >= 4 is 17.5 Å². The first-order valence-corrected chi connectivity index (χ1v) is 9.74. The van der Waals surface area contributed by atoms with Crippen LogP contribution in [0.4, 0.5) is 5.69 Å². The van der Waals surface area contributed by atoms with Gasteiger partial charge >= 0.3 is 0 Å². The van der Waals surface area contributed by atoms with Gasteiger partial charge < -0.3 is 10.2 Å². The second kappa shape index (κ2) is 8.38. The summed E-state index contributed by atoms with van der Waals surface area (Å²) in [5.74, 6) is 0.940. The first kappa shape index (κ1) is 19.2. The van der Waals surface area contributed by atoms with Gasteiger partial charge in [-0.05, 0) is 60.6 Å². The predicted molar refractivity (Wildman–Crippen MR) is 109 cm³/mol. The molecule has 0 aliphatic carbocycles. The maximum Gasteiger partial charge on any atom is 0.255 e. The third-order valence-electron chi connectivity index (χ3n) is 5.28. The van der Waals surface area contributed by atoms with E-state index in [2.05, 4.69) is 26.1 Å². The van der Waals surface area contributed by atoms with Crippen LogP contribution in [0.5, 0.6) is 0 Å². The number of nitrogens with one attached hydrogen (secondary N) is 1. The van der Waals surface area contributed by atoms with Gasteiger partial charge in [-0.3, -0.25) is 9.59 Å². The lowest BCUT2D eigenvalue weighted by Crippen LogP contribution is -2.38. The molecule has 0 radical (unpaired) electrons. The summed E-state index contributed by atoms with van der Waals surface area (Å²) in [7, 11) is 0. The summed E-state index contributed by atoms with van der Waals surface area (Å²) < 4.78 is 0. The van der Waals surface area contributed by atoms with Crippen LogP contribution in [0.1, 0.15) is 65.8 Å². The monoisotopic (exact) mass is 364 g/mol. The Balaban J connectivity index is 1.69. The Morgan fingerprint density at radius 1 is 1.00 bits per heavy atom. The van der Waals surface area contributed by atoms with E-state index in [-0.39, 0.29) is 11.8 Å². The molecule has 2 aromatic rings. The summed E-state index contributed by atoms with van der Waals surface area (Å²) in [6, 6.07) is 14.9. The second-order valence-corrected chi connectivity index (χ2v) is 7.79. The van der Waals surface area contributed by atoms with Crippen molar-refractivity contribution in [3.8, 4) is 0 Å².